The molecular weight excluding hydrogens is 474 g/mol. The van der Waals surface area contributed by atoms with Crippen LogP contribution in [-0.4, -0.2) is 23.4 Å². The summed E-state index contributed by atoms with van der Waals surface area (Å²) in [5, 5.41) is 8.41. The van der Waals surface area contributed by atoms with Gasteiger partial charge in [-0.1, -0.05) is 121 Å². The minimum Gasteiger partial charge on any atom is -0.287 e. The summed E-state index contributed by atoms with van der Waals surface area (Å²) in [5.74, 6) is -1.52. The van der Waals surface area contributed by atoms with Gasteiger partial charge in [-0.05, 0) is 22.3 Å². The lowest BCUT2D eigenvalue weighted by Crippen LogP contribution is -2.75. The first-order chi connectivity index (χ1) is 18.6. The summed E-state index contributed by atoms with van der Waals surface area (Å²) in [4.78, 5) is 40.6. The van der Waals surface area contributed by atoms with Crippen molar-refractivity contribution in [1.82, 2.24) is 16.0 Å². The minimum atomic E-state index is -1.75. The molecule has 4 aromatic carbocycles. The second-order valence-electron chi connectivity index (χ2n) is 10.2. The molecule has 2 saturated heterocycles. The largest absolute Gasteiger partial charge is 0.328 e. The van der Waals surface area contributed by atoms with Gasteiger partial charge in [0.2, 0.25) is 0 Å². The van der Waals surface area contributed by atoms with Gasteiger partial charge in [0.1, 0.15) is 0 Å². The predicted octanol–water partition coefficient (Wildman–Crippen LogP) is 4.11. The zero-order valence-electron chi connectivity index (χ0n) is 20.4. The van der Waals surface area contributed by atoms with Crippen molar-refractivity contribution in [3.63, 3.8) is 0 Å². The number of carbonyl (C=O) groups excluding carboxylic acids is 3. The first-order valence-electron chi connectivity index (χ1n) is 12.7. The summed E-state index contributed by atoms with van der Waals surface area (Å²) in [6.07, 6.45) is 0. The maximum absolute atomic E-state index is 14.1. The number of imide groups is 2. The highest BCUT2D eigenvalue weighted by atomic mass is 16.2. The number of hydrogen-bond acceptors (Lipinski definition) is 4. The van der Waals surface area contributed by atoms with Gasteiger partial charge in [0.05, 0.1) is 5.41 Å². The maximum Gasteiger partial charge on any atom is 0.328 e. The SMILES string of the molecule is O=C1NC(=O)C2(N[C@H](c3ccccc3)[C@]3(c4ccccc4)[C@@H](c4ccccc4)[C@]23c2ccccc2)C(=O)N1. The van der Waals surface area contributed by atoms with Gasteiger partial charge in [-0.15, -0.1) is 0 Å². The Balaban J connectivity index is 1.64. The molecule has 4 amide bonds. The fourth-order valence-electron chi connectivity index (χ4n) is 7.63. The van der Waals surface area contributed by atoms with E-state index in [2.05, 4.69) is 40.2 Å². The zero-order chi connectivity index (χ0) is 26.0. The lowest BCUT2D eigenvalue weighted by molar-refractivity contribution is -0.141. The molecule has 2 heterocycles. The van der Waals surface area contributed by atoms with Crippen molar-refractivity contribution in [3.05, 3.63) is 144 Å². The minimum absolute atomic E-state index is 0.253. The van der Waals surface area contributed by atoms with Crippen molar-refractivity contribution in [1.29, 1.82) is 0 Å². The number of fused-ring (bicyclic) bond motifs is 2. The van der Waals surface area contributed by atoms with Gasteiger partial charge in [0.25, 0.3) is 11.8 Å². The Labute approximate surface area is 220 Å². The average molecular weight is 500 g/mol. The molecule has 6 heteroatoms. The van der Waals surface area contributed by atoms with E-state index in [9.17, 15) is 14.4 Å². The maximum atomic E-state index is 14.1. The highest BCUT2D eigenvalue weighted by molar-refractivity contribution is 6.25. The quantitative estimate of drug-likeness (QED) is 0.369. The van der Waals surface area contributed by atoms with Gasteiger partial charge in [-0.25, -0.2) is 4.79 Å². The Morgan fingerprint density at radius 2 is 0.974 bits per heavy atom. The van der Waals surface area contributed by atoms with Crippen LogP contribution in [0.4, 0.5) is 4.79 Å². The van der Waals surface area contributed by atoms with Crippen LogP contribution in [0.5, 0.6) is 0 Å². The second-order valence-corrected chi connectivity index (χ2v) is 10.2. The number of rotatable bonds is 4. The van der Waals surface area contributed by atoms with Gasteiger partial charge >= 0.3 is 6.03 Å². The van der Waals surface area contributed by atoms with Crippen molar-refractivity contribution in [3.8, 4) is 0 Å². The predicted molar refractivity (Wildman–Crippen MR) is 142 cm³/mol. The van der Waals surface area contributed by atoms with Crippen LogP contribution < -0.4 is 16.0 Å². The molecule has 1 saturated carbocycles. The Morgan fingerprint density at radius 3 is 1.50 bits per heavy atom. The molecule has 0 radical (unpaired) electrons. The number of benzene rings is 4. The first-order valence-corrected chi connectivity index (χ1v) is 12.7. The fourth-order valence-corrected chi connectivity index (χ4v) is 7.63. The van der Waals surface area contributed by atoms with Crippen molar-refractivity contribution in [2.45, 2.75) is 28.3 Å². The summed E-state index contributed by atoms with van der Waals surface area (Å²) in [6.45, 7) is 0. The third-order valence-corrected chi connectivity index (χ3v) is 8.75. The van der Waals surface area contributed by atoms with Crippen molar-refractivity contribution in [2.75, 3.05) is 0 Å². The average Bonchev–Trinajstić information content (AvgIpc) is 3.51. The highest BCUT2D eigenvalue weighted by Crippen LogP contribution is 2.85. The second kappa shape index (κ2) is 7.97. The van der Waals surface area contributed by atoms with E-state index in [1.165, 1.54) is 0 Å². The summed E-state index contributed by atoms with van der Waals surface area (Å²) in [7, 11) is 0. The Morgan fingerprint density at radius 1 is 0.526 bits per heavy atom. The topological polar surface area (TPSA) is 87.3 Å². The third-order valence-electron chi connectivity index (χ3n) is 8.75. The normalized spacial score (nSPS) is 28.9. The van der Waals surface area contributed by atoms with Gasteiger partial charge in [0.15, 0.2) is 5.54 Å². The van der Waals surface area contributed by atoms with Crippen LogP contribution >= 0.6 is 0 Å². The number of barbiturate groups is 1. The van der Waals surface area contributed by atoms with E-state index in [1.807, 2.05) is 97.1 Å². The summed E-state index contributed by atoms with van der Waals surface area (Å²) >= 11 is 0. The van der Waals surface area contributed by atoms with Crippen LogP contribution in [0, 0.1) is 0 Å². The van der Waals surface area contributed by atoms with Crippen LogP contribution in [0.25, 0.3) is 0 Å². The lowest BCUT2D eigenvalue weighted by atomic mass is 9.69. The molecule has 3 fully saturated rings. The van der Waals surface area contributed by atoms with Crippen LogP contribution in [0.3, 0.4) is 0 Å². The molecule has 186 valence electrons. The van der Waals surface area contributed by atoms with E-state index >= 15 is 0 Å². The number of piperidine rings is 1. The van der Waals surface area contributed by atoms with E-state index in [4.69, 9.17) is 0 Å². The van der Waals surface area contributed by atoms with Crippen LogP contribution in [0.2, 0.25) is 0 Å². The molecule has 2 aliphatic heterocycles. The molecular formula is C32H25N3O3. The van der Waals surface area contributed by atoms with E-state index in [-0.39, 0.29) is 5.92 Å². The third kappa shape index (κ3) is 2.57. The van der Waals surface area contributed by atoms with E-state index < -0.39 is 40.3 Å². The standard InChI is InChI=1S/C32H25N3O3/c36-27-32(28(37)34-29(38)33-27)31(24-19-11-4-12-20-24)25(21-13-5-1-6-14-21)30(31,23-17-9-3-10-18-23)26(35-32)22-15-7-2-8-16-22/h1-20,25-26,35H,(H2,33,34,36,37,38)/t25-,26-,30+,31+/m1/s1. The van der Waals surface area contributed by atoms with Crippen molar-refractivity contribution in [2.24, 2.45) is 0 Å². The molecule has 38 heavy (non-hydrogen) atoms. The van der Waals surface area contributed by atoms with Crippen molar-refractivity contribution < 1.29 is 14.4 Å². The zero-order valence-corrected chi connectivity index (χ0v) is 20.4. The molecule has 7 rings (SSSR count). The Bertz CT molecular complexity index is 1540. The number of carbonyl (C=O) groups is 3. The lowest BCUT2D eigenvalue weighted by Gasteiger charge is -2.40. The summed E-state index contributed by atoms with van der Waals surface area (Å²) in [5.41, 5.74) is 0.354. The van der Waals surface area contributed by atoms with Gasteiger partial charge in [-0.2, -0.15) is 0 Å². The molecule has 3 N–H and O–H groups in total. The molecule has 4 atom stereocenters. The van der Waals surface area contributed by atoms with Gasteiger partial charge in [0, 0.05) is 17.4 Å². The first kappa shape index (κ1) is 22.6. The van der Waals surface area contributed by atoms with Gasteiger partial charge < -0.3 is 0 Å². The number of nitrogens with one attached hydrogen (secondary N) is 3. The summed E-state index contributed by atoms with van der Waals surface area (Å²) in [6, 6.07) is 38.7. The number of amides is 4. The molecule has 6 nitrogen and oxygen atoms in total. The molecule has 1 spiro atoms. The fraction of sp³-hybridized carbons (Fsp3) is 0.156. The number of hydrogen-bond donors (Lipinski definition) is 3. The molecule has 0 bridgehead atoms. The van der Waals surface area contributed by atoms with Crippen LogP contribution in [-0.2, 0) is 20.4 Å². The van der Waals surface area contributed by atoms with E-state index in [1.54, 1.807) is 0 Å². The molecule has 0 unspecified atom stereocenters. The summed E-state index contributed by atoms with van der Waals surface area (Å²) < 4.78 is 0. The molecule has 0 aromatic heterocycles. The number of urea groups is 1. The van der Waals surface area contributed by atoms with Gasteiger partial charge in [-0.3, -0.25) is 25.5 Å². The van der Waals surface area contributed by atoms with Crippen LogP contribution in [0.15, 0.2) is 121 Å². The smallest absolute Gasteiger partial charge is 0.287 e. The molecule has 4 aromatic rings. The molecule has 1 aliphatic carbocycles. The van der Waals surface area contributed by atoms with Crippen molar-refractivity contribution >= 4 is 17.8 Å². The molecule has 3 aliphatic rings. The Kier molecular flexibility index (Phi) is 4.75. The van der Waals surface area contributed by atoms with Crippen LogP contribution in [0.1, 0.15) is 34.2 Å². The van der Waals surface area contributed by atoms with E-state index in [0.29, 0.717) is 0 Å². The monoisotopic (exact) mass is 499 g/mol. The highest BCUT2D eigenvalue weighted by Gasteiger charge is 2.94. The van der Waals surface area contributed by atoms with E-state index in [0.717, 1.165) is 22.3 Å². The Hall–Kier alpha value is -4.55.